The molecule has 1 aromatic carbocycles. The first kappa shape index (κ1) is 45.1. The number of carbonyl (C=O) groups is 4. The van der Waals surface area contributed by atoms with Crippen molar-refractivity contribution in [3.63, 3.8) is 0 Å². The molecular weight excluding hydrogens is 851 g/mol. The molecule has 5 aliphatic heterocycles. The van der Waals surface area contributed by atoms with Gasteiger partial charge >= 0.3 is 5.97 Å². The number of rotatable bonds is 8. The van der Waals surface area contributed by atoms with Crippen molar-refractivity contribution in [2.24, 2.45) is 16.7 Å². The van der Waals surface area contributed by atoms with Gasteiger partial charge in [0, 0.05) is 90.1 Å². The van der Waals surface area contributed by atoms with Gasteiger partial charge in [0.2, 0.25) is 11.8 Å². The number of nitrogens with zero attached hydrogens (tertiary/aromatic N) is 6. The van der Waals surface area contributed by atoms with E-state index in [0.29, 0.717) is 25.8 Å². The zero-order chi connectivity index (χ0) is 45.9. The van der Waals surface area contributed by atoms with Crippen molar-refractivity contribution in [1.29, 1.82) is 0 Å². The van der Waals surface area contributed by atoms with Crippen LogP contribution in [0.1, 0.15) is 108 Å². The Labute approximate surface area is 392 Å². The van der Waals surface area contributed by atoms with E-state index >= 15 is 0 Å². The molecule has 1 aliphatic carbocycles. The van der Waals surface area contributed by atoms with Gasteiger partial charge in [-0.15, -0.1) is 11.3 Å². The summed E-state index contributed by atoms with van der Waals surface area (Å²) in [5.41, 5.74) is 10.2. The minimum absolute atomic E-state index is 0.0223. The first-order valence-electron chi connectivity index (χ1n) is 24.7. The Morgan fingerprint density at radius 2 is 1.83 bits per heavy atom. The van der Waals surface area contributed by atoms with Gasteiger partial charge in [-0.1, -0.05) is 46.6 Å². The summed E-state index contributed by atoms with van der Waals surface area (Å²) in [5, 5.41) is 12.0. The number of thiazole rings is 1. The van der Waals surface area contributed by atoms with Gasteiger partial charge in [0.25, 0.3) is 5.91 Å². The summed E-state index contributed by atoms with van der Waals surface area (Å²) < 4.78 is 8.57. The van der Waals surface area contributed by atoms with Gasteiger partial charge in [-0.05, 0) is 100 Å². The molecule has 8 heterocycles. The standard InChI is InChI=1S/C51H67N9O5S/c1-6-59-41-16-15-33-23-35(41)36(45(59)34-13-9-19-52-43(34)31(2)3)25-50(4,5)30-65-49(64)37-14-10-20-60(56-37)48(63)38(24-42-54-40(33)27-66-42)55-46(61)44(32-11-7-8-12-32)57-21-17-51(28-57)18-22-58(29-51)47(62)39-26-53-39/h9,13,15-16,19,23,27,31-32,37-39,44,53,56H,6-8,10-12,14,17-18,20-22,24-26,28-30H2,1-5H3,(H,55,61)/t37-,38-,39+,44-,51-/m0/s1. The second kappa shape index (κ2) is 18.1. The molecule has 0 radical (unpaired) electrons. The molecule has 5 fully saturated rings. The number of hydrogen-bond donors (Lipinski definition) is 3. The second-order valence-electron chi connectivity index (χ2n) is 21.2. The minimum atomic E-state index is -0.910. The van der Waals surface area contributed by atoms with E-state index in [9.17, 15) is 19.2 Å². The Hall–Kier alpha value is -4.70. The summed E-state index contributed by atoms with van der Waals surface area (Å²) in [6, 6.07) is 8.75. The summed E-state index contributed by atoms with van der Waals surface area (Å²) in [5.74, 6) is -0.190. The first-order chi connectivity index (χ1) is 31.8. The molecular formula is C51H67N9O5S. The maximum atomic E-state index is 15.0. The van der Waals surface area contributed by atoms with Gasteiger partial charge in [0.05, 0.1) is 40.8 Å². The van der Waals surface area contributed by atoms with E-state index in [0.717, 1.165) is 122 Å². The number of carbonyl (C=O) groups excluding carboxylic acids is 4. The third-order valence-electron chi connectivity index (χ3n) is 15.4. The normalized spacial score (nSPS) is 26.6. The third kappa shape index (κ3) is 8.80. The highest BCUT2D eigenvalue weighted by Gasteiger charge is 2.50. The van der Waals surface area contributed by atoms with Gasteiger partial charge in [-0.2, -0.15) is 0 Å². The van der Waals surface area contributed by atoms with Gasteiger partial charge in [0.15, 0.2) is 0 Å². The molecule has 10 rings (SSSR count). The summed E-state index contributed by atoms with van der Waals surface area (Å²) in [7, 11) is 0. The Kier molecular flexibility index (Phi) is 12.4. The molecule has 4 saturated heterocycles. The lowest BCUT2D eigenvalue weighted by Gasteiger charge is -2.37. The number of benzene rings is 1. The maximum Gasteiger partial charge on any atom is 0.324 e. The fourth-order valence-electron chi connectivity index (χ4n) is 11.9. The van der Waals surface area contributed by atoms with Gasteiger partial charge in [-0.25, -0.2) is 10.4 Å². The summed E-state index contributed by atoms with van der Waals surface area (Å²) in [6.45, 7) is 16.0. The molecule has 6 aliphatic rings. The van der Waals surface area contributed by atoms with E-state index in [-0.39, 0.29) is 66.1 Å². The van der Waals surface area contributed by atoms with E-state index < -0.39 is 17.5 Å². The highest BCUT2D eigenvalue weighted by molar-refractivity contribution is 7.10. The lowest BCUT2D eigenvalue weighted by Crippen LogP contribution is -2.62. The van der Waals surface area contributed by atoms with Crippen molar-refractivity contribution < 1.29 is 23.9 Å². The number of cyclic esters (lactones) is 1. The van der Waals surface area contributed by atoms with Crippen molar-refractivity contribution in [2.45, 2.75) is 135 Å². The Bertz CT molecular complexity index is 2510. The van der Waals surface area contributed by atoms with E-state index in [1.165, 1.54) is 21.9 Å². The Morgan fingerprint density at radius 1 is 1.03 bits per heavy atom. The number of likely N-dealkylation sites (tertiary alicyclic amines) is 2. The number of aryl methyl sites for hydroxylation is 1. The topological polar surface area (TPSA) is 164 Å². The van der Waals surface area contributed by atoms with Crippen molar-refractivity contribution in [1.82, 2.24) is 45.4 Å². The maximum absolute atomic E-state index is 15.0. The molecule has 4 aromatic rings. The molecule has 3 aromatic heterocycles. The largest absolute Gasteiger partial charge is 0.464 e. The number of hydrazine groups is 1. The molecule has 3 N–H and O–H groups in total. The van der Waals surface area contributed by atoms with Crippen LogP contribution in [-0.2, 0) is 43.3 Å². The minimum Gasteiger partial charge on any atom is -0.464 e. The number of esters is 1. The average Bonchev–Trinajstić information content (AvgIpc) is 3.77. The second-order valence-corrected chi connectivity index (χ2v) is 22.2. The number of amides is 3. The molecule has 15 heteroatoms. The first-order valence-corrected chi connectivity index (χ1v) is 25.5. The quantitative estimate of drug-likeness (QED) is 0.140. The number of hydrogen-bond acceptors (Lipinski definition) is 11. The predicted molar refractivity (Wildman–Crippen MR) is 255 cm³/mol. The monoisotopic (exact) mass is 917 g/mol. The van der Waals surface area contributed by atoms with Crippen molar-refractivity contribution in [3.8, 4) is 22.5 Å². The number of aromatic nitrogens is 3. The van der Waals surface area contributed by atoms with E-state index in [1.54, 1.807) is 0 Å². The molecule has 1 spiro atoms. The number of nitrogens with one attached hydrogen (secondary N) is 3. The average molecular weight is 918 g/mol. The molecule has 352 valence electrons. The summed E-state index contributed by atoms with van der Waals surface area (Å²) in [4.78, 5) is 71.3. The highest BCUT2D eigenvalue weighted by Crippen LogP contribution is 2.44. The van der Waals surface area contributed by atoms with Gasteiger partial charge in [0.1, 0.15) is 12.1 Å². The van der Waals surface area contributed by atoms with Crippen LogP contribution in [0.4, 0.5) is 0 Å². The fourth-order valence-corrected chi connectivity index (χ4v) is 12.8. The van der Waals surface area contributed by atoms with Crippen molar-refractivity contribution >= 4 is 45.9 Å². The lowest BCUT2D eigenvalue weighted by atomic mass is 9.84. The zero-order valence-electron chi connectivity index (χ0n) is 39.4. The van der Waals surface area contributed by atoms with Crippen LogP contribution in [0.3, 0.4) is 0 Å². The molecule has 5 atom stereocenters. The van der Waals surface area contributed by atoms with Gasteiger partial charge < -0.3 is 24.8 Å². The summed E-state index contributed by atoms with van der Waals surface area (Å²) >= 11 is 1.51. The van der Waals surface area contributed by atoms with E-state index in [1.807, 2.05) is 17.2 Å². The molecule has 14 nitrogen and oxygen atoms in total. The van der Waals surface area contributed by atoms with Crippen LogP contribution in [0.5, 0.6) is 0 Å². The van der Waals surface area contributed by atoms with Crippen LogP contribution >= 0.6 is 11.3 Å². The van der Waals surface area contributed by atoms with Crippen LogP contribution in [0.2, 0.25) is 0 Å². The van der Waals surface area contributed by atoms with E-state index in [2.05, 4.69) is 89.8 Å². The number of fused-ring (bicyclic) bond motifs is 6. The lowest BCUT2D eigenvalue weighted by molar-refractivity contribution is -0.155. The van der Waals surface area contributed by atoms with Gasteiger partial charge in [-0.3, -0.25) is 34.1 Å². The highest BCUT2D eigenvalue weighted by atomic mass is 32.1. The Morgan fingerprint density at radius 3 is 2.61 bits per heavy atom. The number of ether oxygens (including phenoxy) is 1. The fraction of sp³-hybridized carbons (Fsp3) is 0.608. The van der Waals surface area contributed by atoms with Crippen LogP contribution in [0.25, 0.3) is 33.4 Å². The predicted octanol–water partition coefficient (Wildman–Crippen LogP) is 6.07. The summed E-state index contributed by atoms with van der Waals surface area (Å²) in [6.07, 6.45) is 9.89. The molecule has 3 amide bonds. The zero-order valence-corrected chi connectivity index (χ0v) is 40.2. The third-order valence-corrected chi connectivity index (χ3v) is 16.3. The Balaban J connectivity index is 0.991. The molecule has 0 unspecified atom stereocenters. The van der Waals surface area contributed by atoms with Crippen LogP contribution in [0, 0.1) is 16.7 Å². The van der Waals surface area contributed by atoms with Crippen molar-refractivity contribution in [2.75, 3.05) is 45.9 Å². The van der Waals surface area contributed by atoms with E-state index in [4.69, 9.17) is 14.7 Å². The van der Waals surface area contributed by atoms with Crippen molar-refractivity contribution in [3.05, 3.63) is 58.2 Å². The SMILES string of the molecule is CCn1c(-c2cccnc2C(C)C)c2c3cc(ccc31)-c1csc(n1)C[C@H](NC(=O)[C@H](C1CCCC1)N1CC[C@]3(CCN(C(=O)[C@H]4CN4)C3)C1)C(=O)N1CCC[C@H](N1)C(=O)OCC(C)(C)C2. The van der Waals surface area contributed by atoms with Crippen LogP contribution in [0.15, 0.2) is 41.9 Å². The molecule has 1 saturated carbocycles. The molecule has 6 bridgehead atoms. The van der Waals surface area contributed by atoms with Crippen LogP contribution < -0.4 is 16.1 Å². The van der Waals surface area contributed by atoms with Crippen LogP contribution in [-0.4, -0.2) is 123 Å². The smallest absolute Gasteiger partial charge is 0.324 e. The molecule has 66 heavy (non-hydrogen) atoms. The number of pyridine rings is 1.